The Bertz CT molecular complexity index is 1250. The van der Waals surface area contributed by atoms with Crippen LogP contribution in [-0.2, 0) is 4.74 Å². The van der Waals surface area contributed by atoms with Gasteiger partial charge in [0, 0.05) is 48.2 Å². The number of hydrogen-bond donors (Lipinski definition) is 0. The van der Waals surface area contributed by atoms with E-state index in [1.54, 1.807) is 11.3 Å². The number of anilines is 1. The first kappa shape index (κ1) is 24.3. The number of hydrogen-bond acceptors (Lipinski definition) is 6. The van der Waals surface area contributed by atoms with E-state index in [0.29, 0.717) is 31.0 Å². The highest BCUT2D eigenvalue weighted by Crippen LogP contribution is 2.57. The minimum atomic E-state index is -0.466. The maximum atomic E-state index is 12.4. The van der Waals surface area contributed by atoms with Crippen molar-refractivity contribution in [1.29, 1.82) is 0 Å². The number of ether oxygens (including phenoxy) is 1. The molecule has 0 bridgehead atoms. The molecule has 5 rings (SSSR count). The van der Waals surface area contributed by atoms with E-state index in [9.17, 15) is 4.79 Å². The van der Waals surface area contributed by atoms with Gasteiger partial charge in [0.1, 0.15) is 16.3 Å². The highest BCUT2D eigenvalue weighted by atomic mass is 35.5. The molecule has 1 saturated carbocycles. The van der Waals surface area contributed by atoms with Crippen molar-refractivity contribution in [2.24, 2.45) is 0 Å². The molecule has 1 saturated heterocycles. The van der Waals surface area contributed by atoms with Crippen LogP contribution in [0.25, 0.3) is 10.2 Å². The fourth-order valence-electron chi connectivity index (χ4n) is 5.12. The minimum absolute atomic E-state index is 0.219. The summed E-state index contributed by atoms with van der Waals surface area (Å²) in [5, 5.41) is 4.09. The highest BCUT2D eigenvalue weighted by molar-refractivity contribution is 7.16. The first-order valence-corrected chi connectivity index (χ1v) is 13.6. The van der Waals surface area contributed by atoms with Crippen molar-refractivity contribution in [3.05, 3.63) is 51.7 Å². The summed E-state index contributed by atoms with van der Waals surface area (Å²) in [6.07, 6.45) is 2.66. The number of piperidine rings is 1. The zero-order valence-corrected chi connectivity index (χ0v) is 22.6. The van der Waals surface area contributed by atoms with Gasteiger partial charge in [-0.3, -0.25) is 0 Å². The Hall–Kier alpha value is -2.38. The van der Waals surface area contributed by atoms with Crippen LogP contribution < -0.4 is 4.90 Å². The number of aryl methyl sites for hydroxylation is 1. The van der Waals surface area contributed by atoms with Gasteiger partial charge in [0.05, 0.1) is 5.69 Å². The van der Waals surface area contributed by atoms with Crippen LogP contribution in [0.2, 0.25) is 5.02 Å². The summed E-state index contributed by atoms with van der Waals surface area (Å²) in [4.78, 5) is 26.9. The third-order valence-corrected chi connectivity index (χ3v) is 8.20. The van der Waals surface area contributed by atoms with E-state index in [1.165, 1.54) is 10.9 Å². The second-order valence-electron chi connectivity index (χ2n) is 10.8. The van der Waals surface area contributed by atoms with Crippen molar-refractivity contribution in [1.82, 2.24) is 14.9 Å². The Kier molecular flexibility index (Phi) is 6.43. The normalized spacial score (nSPS) is 20.8. The molecule has 1 aliphatic heterocycles. The van der Waals surface area contributed by atoms with Crippen molar-refractivity contribution in [2.75, 3.05) is 25.0 Å². The maximum Gasteiger partial charge on any atom is 0.410 e. The Balaban J connectivity index is 1.24. The largest absolute Gasteiger partial charge is 0.444 e. The number of aromatic nitrogens is 2. The first-order valence-electron chi connectivity index (χ1n) is 12.3. The van der Waals surface area contributed by atoms with E-state index in [4.69, 9.17) is 21.3 Å². The molecule has 0 spiro atoms. The van der Waals surface area contributed by atoms with Crippen LogP contribution >= 0.6 is 22.9 Å². The van der Waals surface area contributed by atoms with Gasteiger partial charge in [0.15, 0.2) is 0 Å². The van der Waals surface area contributed by atoms with E-state index >= 15 is 0 Å². The molecule has 2 fully saturated rings. The molecule has 0 N–H and O–H groups in total. The average Bonchev–Trinajstić information content (AvgIpc) is 3.45. The van der Waals surface area contributed by atoms with Crippen LogP contribution in [0.3, 0.4) is 0 Å². The summed E-state index contributed by atoms with van der Waals surface area (Å²) in [6, 6.07) is 8.96. The molecule has 2 aromatic heterocycles. The monoisotopic (exact) mass is 512 g/mol. The molecule has 186 valence electrons. The molecule has 1 aromatic carbocycles. The van der Waals surface area contributed by atoms with Crippen LogP contribution in [0.15, 0.2) is 29.6 Å². The quantitative estimate of drug-likeness (QED) is 0.386. The number of carbonyl (C=O) groups excluding carboxylic acids is 1. The molecule has 6 nitrogen and oxygen atoms in total. The van der Waals surface area contributed by atoms with Crippen molar-refractivity contribution < 1.29 is 9.53 Å². The topological polar surface area (TPSA) is 58.6 Å². The predicted octanol–water partition coefficient (Wildman–Crippen LogP) is 6.76. The number of thiophene rings is 1. The predicted molar refractivity (Wildman–Crippen MR) is 143 cm³/mol. The molecule has 0 radical (unpaired) electrons. The SMILES string of the molecule is Cc1nc(C2CC2c2ccc(N(C)C3CCN(C(=O)OC(C)(C)C)CC3)cc2Cl)c2ccsc2n1. The third-order valence-electron chi connectivity index (χ3n) is 7.06. The van der Waals surface area contributed by atoms with Crippen LogP contribution in [-0.4, -0.2) is 52.7 Å². The van der Waals surface area contributed by atoms with E-state index in [2.05, 4.69) is 46.6 Å². The highest BCUT2D eigenvalue weighted by Gasteiger charge is 2.43. The smallest absolute Gasteiger partial charge is 0.410 e. The van der Waals surface area contributed by atoms with E-state index in [-0.39, 0.29) is 6.09 Å². The Morgan fingerprint density at radius 2 is 1.91 bits per heavy atom. The molecule has 2 unspecified atom stereocenters. The van der Waals surface area contributed by atoms with E-state index < -0.39 is 5.60 Å². The summed E-state index contributed by atoms with van der Waals surface area (Å²) in [5.41, 5.74) is 3.01. The number of benzene rings is 1. The third kappa shape index (κ3) is 5.12. The average molecular weight is 513 g/mol. The van der Waals surface area contributed by atoms with Crippen LogP contribution in [0.4, 0.5) is 10.5 Å². The van der Waals surface area contributed by atoms with Gasteiger partial charge in [0.25, 0.3) is 0 Å². The molecule has 8 heteroatoms. The van der Waals surface area contributed by atoms with Gasteiger partial charge < -0.3 is 14.5 Å². The van der Waals surface area contributed by atoms with Gasteiger partial charge in [0.2, 0.25) is 0 Å². The lowest BCUT2D eigenvalue weighted by molar-refractivity contribution is 0.0205. The fourth-order valence-corrected chi connectivity index (χ4v) is 6.25. The zero-order chi connectivity index (χ0) is 24.9. The van der Waals surface area contributed by atoms with Gasteiger partial charge in [-0.1, -0.05) is 17.7 Å². The van der Waals surface area contributed by atoms with Crippen molar-refractivity contribution in [3.8, 4) is 0 Å². The minimum Gasteiger partial charge on any atom is -0.444 e. The Morgan fingerprint density at radius 3 is 2.60 bits per heavy atom. The van der Waals surface area contributed by atoms with E-state index in [0.717, 1.165) is 46.3 Å². The second-order valence-corrected chi connectivity index (χ2v) is 12.1. The van der Waals surface area contributed by atoms with Gasteiger partial charge in [-0.2, -0.15) is 0 Å². The van der Waals surface area contributed by atoms with Gasteiger partial charge in [-0.05, 0) is 82.0 Å². The summed E-state index contributed by atoms with van der Waals surface area (Å²) >= 11 is 8.50. The first-order chi connectivity index (χ1) is 16.6. The molecule has 35 heavy (non-hydrogen) atoms. The van der Waals surface area contributed by atoms with Crippen LogP contribution in [0.5, 0.6) is 0 Å². The molecule has 1 aliphatic carbocycles. The Morgan fingerprint density at radius 1 is 1.17 bits per heavy atom. The number of nitrogens with zero attached hydrogens (tertiary/aromatic N) is 4. The molecular formula is C27H33ClN4O2S. The Labute approximate surface area is 216 Å². The van der Waals surface area contributed by atoms with Crippen molar-refractivity contribution in [2.45, 2.75) is 70.4 Å². The van der Waals surface area contributed by atoms with Crippen molar-refractivity contribution in [3.63, 3.8) is 0 Å². The van der Waals surface area contributed by atoms with Crippen LogP contribution in [0.1, 0.15) is 69.0 Å². The second kappa shape index (κ2) is 9.25. The molecule has 1 amide bonds. The summed E-state index contributed by atoms with van der Waals surface area (Å²) < 4.78 is 5.53. The van der Waals surface area contributed by atoms with Crippen molar-refractivity contribution >= 4 is 44.9 Å². The number of fused-ring (bicyclic) bond motifs is 1. The van der Waals surface area contributed by atoms with Gasteiger partial charge >= 0.3 is 6.09 Å². The number of amides is 1. The molecular weight excluding hydrogens is 480 g/mol. The number of halogens is 1. The van der Waals surface area contributed by atoms with Gasteiger partial charge in [-0.15, -0.1) is 11.3 Å². The molecule has 2 atom stereocenters. The standard InChI is InChI=1S/C27H33ClN4O2S/c1-16-29-24(20-10-13-35-25(20)30-16)22-15-21(22)19-7-6-18(14-23(19)28)31(5)17-8-11-32(12-9-17)26(33)34-27(2,3)4/h6-7,10,13-14,17,21-22H,8-9,11-12,15H2,1-5H3. The molecule has 2 aliphatic rings. The lowest BCUT2D eigenvalue weighted by Gasteiger charge is -2.38. The maximum absolute atomic E-state index is 12.4. The number of carbonyl (C=O) groups is 1. The number of likely N-dealkylation sites (tertiary alicyclic amines) is 1. The molecule has 3 heterocycles. The van der Waals surface area contributed by atoms with E-state index in [1.807, 2.05) is 32.6 Å². The summed E-state index contributed by atoms with van der Waals surface area (Å²) in [6.45, 7) is 9.08. The fraction of sp³-hybridized carbons (Fsp3) is 0.519. The lowest BCUT2D eigenvalue weighted by Crippen LogP contribution is -2.47. The summed E-state index contributed by atoms with van der Waals surface area (Å²) in [7, 11) is 2.12. The summed E-state index contributed by atoms with van der Waals surface area (Å²) in [5.74, 6) is 1.63. The lowest BCUT2D eigenvalue weighted by atomic mass is 10.0. The zero-order valence-electron chi connectivity index (χ0n) is 21.0. The number of rotatable bonds is 4. The molecule has 3 aromatic rings. The van der Waals surface area contributed by atoms with Crippen LogP contribution in [0, 0.1) is 6.92 Å². The van der Waals surface area contributed by atoms with Gasteiger partial charge in [-0.25, -0.2) is 14.8 Å².